The summed E-state index contributed by atoms with van der Waals surface area (Å²) < 4.78 is 11.1. The molecule has 2 fully saturated rings. The lowest BCUT2D eigenvalue weighted by molar-refractivity contribution is -0.140. The van der Waals surface area contributed by atoms with Crippen LogP contribution in [0.15, 0.2) is 36.9 Å². The Balaban J connectivity index is 1.62. The van der Waals surface area contributed by atoms with Crippen molar-refractivity contribution in [1.82, 2.24) is 9.88 Å². The summed E-state index contributed by atoms with van der Waals surface area (Å²) in [6.07, 6.45) is 11.5. The molecule has 1 saturated heterocycles. The largest absolute Gasteiger partial charge is 0.459 e. The highest BCUT2D eigenvalue weighted by Gasteiger charge is 2.45. The Kier molecular flexibility index (Phi) is 4.17. The molecule has 1 unspecified atom stereocenters. The normalized spacial score (nSPS) is 28.2. The van der Waals surface area contributed by atoms with Gasteiger partial charge in [-0.05, 0) is 31.4 Å². The molecule has 1 amide bonds. The molecule has 1 atom stereocenters. The van der Waals surface area contributed by atoms with Crippen LogP contribution in [0.1, 0.15) is 50.6 Å². The third kappa shape index (κ3) is 2.87. The van der Waals surface area contributed by atoms with E-state index in [1.165, 1.54) is 12.8 Å². The molecule has 0 spiro atoms. The summed E-state index contributed by atoms with van der Waals surface area (Å²) in [7, 11) is 0. The molecule has 0 aromatic carbocycles. The topological polar surface area (TPSA) is 51.7 Å². The summed E-state index contributed by atoms with van der Waals surface area (Å²) in [6.45, 7) is 0.719. The third-order valence-corrected chi connectivity index (χ3v) is 5.66. The Morgan fingerprint density at radius 2 is 2.00 bits per heavy atom. The number of piperidine rings is 1. The number of ether oxygens (including phenoxy) is 2. The van der Waals surface area contributed by atoms with Gasteiger partial charge < -0.3 is 14.4 Å². The zero-order valence-electron chi connectivity index (χ0n) is 13.9. The fourth-order valence-corrected chi connectivity index (χ4v) is 4.38. The van der Waals surface area contributed by atoms with Gasteiger partial charge in [-0.2, -0.15) is 0 Å². The summed E-state index contributed by atoms with van der Waals surface area (Å²) in [5.41, 5.74) is 0.841. The van der Waals surface area contributed by atoms with Crippen LogP contribution >= 0.6 is 0 Å². The smallest absolute Gasteiger partial charge is 0.240 e. The Bertz CT molecular complexity index is 604. The van der Waals surface area contributed by atoms with Crippen molar-refractivity contribution < 1.29 is 14.3 Å². The molecule has 0 N–H and O–H groups in total. The Hall–Kier alpha value is -2.04. The van der Waals surface area contributed by atoms with E-state index in [0.717, 1.165) is 31.5 Å². The van der Waals surface area contributed by atoms with E-state index in [4.69, 9.17) is 9.47 Å². The number of hydrogen-bond donors (Lipinski definition) is 0. The number of carbonyl (C=O) groups is 1. The van der Waals surface area contributed by atoms with E-state index in [9.17, 15) is 4.79 Å². The van der Waals surface area contributed by atoms with Crippen LogP contribution < -0.4 is 0 Å². The van der Waals surface area contributed by atoms with E-state index < -0.39 is 0 Å². The molecule has 3 aliphatic rings. The molecule has 1 aliphatic carbocycles. The molecule has 128 valence electrons. The van der Waals surface area contributed by atoms with Crippen LogP contribution in [0.3, 0.4) is 0 Å². The van der Waals surface area contributed by atoms with Crippen LogP contribution in [0, 0.1) is 0 Å². The highest BCUT2D eigenvalue weighted by atomic mass is 16.7. The zero-order valence-corrected chi connectivity index (χ0v) is 13.9. The van der Waals surface area contributed by atoms with E-state index in [1.807, 2.05) is 18.3 Å². The van der Waals surface area contributed by atoms with E-state index in [2.05, 4.69) is 16.0 Å². The number of aromatic nitrogens is 1. The number of likely N-dealkylation sites (tertiary alicyclic amines) is 1. The molecule has 4 rings (SSSR count). The van der Waals surface area contributed by atoms with Crippen molar-refractivity contribution in [2.75, 3.05) is 6.54 Å². The summed E-state index contributed by atoms with van der Waals surface area (Å²) in [5, 5.41) is 0. The lowest BCUT2D eigenvalue weighted by Gasteiger charge is -2.45. The predicted molar refractivity (Wildman–Crippen MR) is 88.8 cm³/mol. The first-order valence-corrected chi connectivity index (χ1v) is 8.94. The molecule has 1 aromatic rings. The van der Waals surface area contributed by atoms with Crippen molar-refractivity contribution in [3.63, 3.8) is 0 Å². The van der Waals surface area contributed by atoms with E-state index >= 15 is 0 Å². The van der Waals surface area contributed by atoms with Gasteiger partial charge in [0.05, 0.1) is 0 Å². The highest BCUT2D eigenvalue weighted by Crippen LogP contribution is 2.41. The first-order chi connectivity index (χ1) is 11.8. The van der Waals surface area contributed by atoms with E-state index in [0.29, 0.717) is 24.8 Å². The molecular formula is C19H24N2O3. The maximum absolute atomic E-state index is 12.6. The Morgan fingerprint density at radius 1 is 1.21 bits per heavy atom. The molecule has 1 saturated carbocycles. The van der Waals surface area contributed by atoms with Crippen molar-refractivity contribution in [3.8, 4) is 0 Å². The molecule has 5 heteroatoms. The Labute approximate surface area is 142 Å². The van der Waals surface area contributed by atoms with Crippen molar-refractivity contribution in [3.05, 3.63) is 42.6 Å². The second-order valence-corrected chi connectivity index (χ2v) is 7.13. The lowest BCUT2D eigenvalue weighted by atomic mass is 9.73. The first-order valence-electron chi connectivity index (χ1n) is 8.94. The van der Waals surface area contributed by atoms with Gasteiger partial charge in [-0.3, -0.25) is 9.78 Å². The third-order valence-electron chi connectivity index (χ3n) is 5.66. The first kappa shape index (κ1) is 15.5. The average Bonchev–Trinajstić information content (AvgIpc) is 3.31. The summed E-state index contributed by atoms with van der Waals surface area (Å²) >= 11 is 0. The summed E-state index contributed by atoms with van der Waals surface area (Å²) in [4.78, 5) is 19.3. The molecule has 3 heterocycles. The summed E-state index contributed by atoms with van der Waals surface area (Å²) in [6, 6.07) is 6.42. The Morgan fingerprint density at radius 3 is 2.71 bits per heavy atom. The number of rotatable bonds is 4. The van der Waals surface area contributed by atoms with E-state index in [1.54, 1.807) is 12.5 Å². The van der Waals surface area contributed by atoms with Gasteiger partial charge in [-0.1, -0.05) is 18.9 Å². The minimum absolute atomic E-state index is 0.200. The van der Waals surface area contributed by atoms with Crippen molar-refractivity contribution in [2.24, 2.45) is 0 Å². The SMILES string of the molecule is O=C1CCC(CC2OC=CO2)(c2ccccn2)CN1C1CCCC1. The van der Waals surface area contributed by atoms with E-state index in [-0.39, 0.29) is 11.7 Å². The second-order valence-electron chi connectivity index (χ2n) is 7.13. The standard InChI is InChI=1S/C19H24N2O3/c22-17-8-9-19(13-18-23-11-12-24-18,16-7-3-4-10-20-16)14-21(17)15-5-1-2-6-15/h3-4,7,10-12,15,18H,1-2,5-6,8-9,13-14H2. The molecule has 0 radical (unpaired) electrons. The maximum Gasteiger partial charge on any atom is 0.240 e. The second kappa shape index (κ2) is 6.46. The molecule has 5 nitrogen and oxygen atoms in total. The number of amides is 1. The van der Waals surface area contributed by atoms with Gasteiger partial charge in [-0.15, -0.1) is 0 Å². The number of carbonyl (C=O) groups excluding carboxylic acids is 1. The van der Waals surface area contributed by atoms with Crippen LogP contribution in [0.4, 0.5) is 0 Å². The fraction of sp³-hybridized carbons (Fsp3) is 0.579. The minimum atomic E-state index is -0.286. The molecule has 1 aromatic heterocycles. The van der Waals surface area contributed by atoms with Crippen LogP contribution in [0.25, 0.3) is 0 Å². The monoisotopic (exact) mass is 328 g/mol. The lowest BCUT2D eigenvalue weighted by Crippen LogP contribution is -2.53. The molecular weight excluding hydrogens is 304 g/mol. The van der Waals surface area contributed by atoms with Gasteiger partial charge in [0, 0.05) is 42.7 Å². The zero-order chi connectivity index (χ0) is 16.4. The number of nitrogens with zero attached hydrogens (tertiary/aromatic N) is 2. The molecule has 24 heavy (non-hydrogen) atoms. The van der Waals surface area contributed by atoms with Gasteiger partial charge in [0.2, 0.25) is 12.2 Å². The van der Waals surface area contributed by atoms with Gasteiger partial charge in [0.15, 0.2) is 0 Å². The van der Waals surface area contributed by atoms with Crippen LogP contribution in [0.5, 0.6) is 0 Å². The van der Waals surface area contributed by atoms with Crippen LogP contribution in [-0.4, -0.2) is 34.7 Å². The van der Waals surface area contributed by atoms with Crippen molar-refractivity contribution in [2.45, 2.75) is 62.7 Å². The highest BCUT2D eigenvalue weighted by molar-refractivity contribution is 5.78. The average molecular weight is 328 g/mol. The quantitative estimate of drug-likeness (QED) is 0.852. The van der Waals surface area contributed by atoms with Gasteiger partial charge in [0.1, 0.15) is 12.5 Å². The van der Waals surface area contributed by atoms with Crippen LogP contribution in [-0.2, 0) is 19.7 Å². The molecule has 0 bridgehead atoms. The minimum Gasteiger partial charge on any atom is -0.459 e. The van der Waals surface area contributed by atoms with Crippen LogP contribution in [0.2, 0.25) is 0 Å². The van der Waals surface area contributed by atoms with Gasteiger partial charge in [0.25, 0.3) is 0 Å². The van der Waals surface area contributed by atoms with Crippen molar-refractivity contribution >= 4 is 5.91 Å². The maximum atomic E-state index is 12.6. The summed E-state index contributed by atoms with van der Waals surface area (Å²) in [5.74, 6) is 0.292. The fourth-order valence-electron chi connectivity index (χ4n) is 4.38. The number of hydrogen-bond acceptors (Lipinski definition) is 4. The van der Waals surface area contributed by atoms with Crippen molar-refractivity contribution in [1.29, 1.82) is 0 Å². The predicted octanol–water partition coefficient (Wildman–Crippen LogP) is 3.12. The van der Waals surface area contributed by atoms with Gasteiger partial charge in [-0.25, -0.2) is 0 Å². The molecule has 2 aliphatic heterocycles. The van der Waals surface area contributed by atoms with Gasteiger partial charge >= 0.3 is 0 Å². The number of pyridine rings is 1.